The SMILES string of the molecule is CC(C)Oc1ccc(-c2ncc(-c3cccc4c3CC[C@@H]4NS(=O)(=O)Cc3ccccc3)s2)cc1NI. The molecule has 1 heterocycles. The highest BCUT2D eigenvalue weighted by atomic mass is 127. The predicted molar refractivity (Wildman–Crippen MR) is 160 cm³/mol. The molecule has 0 fully saturated rings. The Kier molecular flexibility index (Phi) is 7.85. The normalized spacial score (nSPS) is 15.1. The van der Waals surface area contributed by atoms with Crippen LogP contribution in [-0.2, 0) is 22.2 Å². The van der Waals surface area contributed by atoms with Crippen molar-refractivity contribution in [2.45, 2.75) is 44.6 Å². The van der Waals surface area contributed by atoms with Gasteiger partial charge in [-0.15, -0.1) is 11.3 Å². The van der Waals surface area contributed by atoms with Crippen LogP contribution in [0.15, 0.2) is 72.9 Å². The van der Waals surface area contributed by atoms with Crippen LogP contribution in [0.5, 0.6) is 5.75 Å². The van der Waals surface area contributed by atoms with Crippen molar-refractivity contribution in [3.63, 3.8) is 0 Å². The lowest BCUT2D eigenvalue weighted by Gasteiger charge is -2.15. The molecular weight excluding hydrogens is 617 g/mol. The molecule has 37 heavy (non-hydrogen) atoms. The van der Waals surface area contributed by atoms with E-state index in [-0.39, 0.29) is 17.9 Å². The summed E-state index contributed by atoms with van der Waals surface area (Å²) in [6.07, 6.45) is 3.57. The molecule has 0 spiro atoms. The molecule has 6 nitrogen and oxygen atoms in total. The van der Waals surface area contributed by atoms with Gasteiger partial charge in [-0.05, 0) is 67.1 Å². The summed E-state index contributed by atoms with van der Waals surface area (Å²) in [5.41, 5.74) is 6.08. The van der Waals surface area contributed by atoms with Crippen LogP contribution in [0.2, 0.25) is 0 Å². The number of halogens is 1. The Morgan fingerprint density at radius 2 is 1.92 bits per heavy atom. The molecule has 4 aromatic rings. The maximum atomic E-state index is 12.9. The Morgan fingerprint density at radius 1 is 1.11 bits per heavy atom. The zero-order chi connectivity index (χ0) is 26.0. The van der Waals surface area contributed by atoms with Crippen molar-refractivity contribution in [2.75, 3.05) is 3.53 Å². The van der Waals surface area contributed by atoms with Crippen LogP contribution in [0, 0.1) is 0 Å². The van der Waals surface area contributed by atoms with E-state index in [1.807, 2.05) is 74.6 Å². The van der Waals surface area contributed by atoms with Gasteiger partial charge in [0.05, 0.1) is 45.3 Å². The molecule has 0 saturated carbocycles. The van der Waals surface area contributed by atoms with Crippen molar-refractivity contribution >= 4 is 49.9 Å². The van der Waals surface area contributed by atoms with E-state index in [1.54, 1.807) is 11.3 Å². The lowest BCUT2D eigenvalue weighted by molar-refractivity contribution is 0.244. The second-order valence-corrected chi connectivity index (χ2v) is 12.7. The minimum Gasteiger partial charge on any atom is -0.489 e. The van der Waals surface area contributed by atoms with Gasteiger partial charge in [0.1, 0.15) is 10.8 Å². The molecule has 5 rings (SSSR count). The van der Waals surface area contributed by atoms with Crippen LogP contribution in [-0.4, -0.2) is 19.5 Å². The van der Waals surface area contributed by atoms with Gasteiger partial charge < -0.3 is 8.27 Å². The number of nitrogens with zero attached hydrogens (tertiary/aromatic N) is 1. The fraction of sp³-hybridized carbons (Fsp3) is 0.250. The minimum atomic E-state index is -3.46. The summed E-state index contributed by atoms with van der Waals surface area (Å²) in [6, 6.07) is 21.3. The van der Waals surface area contributed by atoms with Crippen molar-refractivity contribution < 1.29 is 13.2 Å². The topological polar surface area (TPSA) is 80.3 Å². The first-order chi connectivity index (χ1) is 17.8. The number of hydrogen-bond donors (Lipinski definition) is 2. The molecular formula is C28H28IN3O3S2. The zero-order valence-electron chi connectivity index (χ0n) is 20.6. The Morgan fingerprint density at radius 3 is 2.68 bits per heavy atom. The Bertz CT molecular complexity index is 1500. The number of benzene rings is 3. The molecule has 1 atom stereocenters. The van der Waals surface area contributed by atoms with E-state index >= 15 is 0 Å². The van der Waals surface area contributed by atoms with E-state index in [2.05, 4.69) is 43.2 Å². The number of ether oxygens (including phenoxy) is 1. The minimum absolute atomic E-state index is 0.0212. The van der Waals surface area contributed by atoms with Crippen molar-refractivity contribution in [1.82, 2.24) is 9.71 Å². The molecule has 0 saturated heterocycles. The van der Waals surface area contributed by atoms with Crippen molar-refractivity contribution in [3.8, 4) is 26.8 Å². The lowest BCUT2D eigenvalue weighted by Crippen LogP contribution is -2.28. The Hall–Kier alpha value is -2.47. The highest BCUT2D eigenvalue weighted by Gasteiger charge is 2.29. The first-order valence-electron chi connectivity index (χ1n) is 12.1. The molecule has 0 amide bonds. The number of rotatable bonds is 9. The van der Waals surface area contributed by atoms with Gasteiger partial charge in [0.25, 0.3) is 0 Å². The number of sulfonamides is 1. The molecule has 0 unspecified atom stereocenters. The fourth-order valence-electron chi connectivity index (χ4n) is 4.69. The number of anilines is 1. The van der Waals surface area contributed by atoms with E-state index in [1.165, 1.54) is 5.56 Å². The lowest BCUT2D eigenvalue weighted by atomic mass is 10.0. The molecule has 1 aromatic heterocycles. The first-order valence-corrected chi connectivity index (χ1v) is 15.7. The molecule has 1 aliphatic rings. The van der Waals surface area contributed by atoms with Crippen LogP contribution >= 0.6 is 34.2 Å². The molecule has 0 aliphatic heterocycles. The second-order valence-electron chi connectivity index (χ2n) is 9.33. The van der Waals surface area contributed by atoms with Crippen LogP contribution in [0.4, 0.5) is 5.69 Å². The molecule has 0 radical (unpaired) electrons. The largest absolute Gasteiger partial charge is 0.489 e. The van der Waals surface area contributed by atoms with Gasteiger partial charge >= 0.3 is 0 Å². The van der Waals surface area contributed by atoms with Gasteiger partial charge in [-0.1, -0.05) is 48.5 Å². The highest BCUT2D eigenvalue weighted by molar-refractivity contribution is 14.1. The predicted octanol–water partition coefficient (Wildman–Crippen LogP) is 7.13. The summed E-state index contributed by atoms with van der Waals surface area (Å²) >= 11 is 3.76. The standard InChI is InChI=1S/C28H28IN3O3S2/c1-18(2)35-26-14-11-20(15-25(26)31-29)28-30-16-27(36-28)23-10-6-9-22-21(23)12-13-24(22)32-37(33,34)17-19-7-4-3-5-8-19/h3-11,14-16,18,24,31-32H,12-13,17H2,1-2H3/t24-/m0/s1. The smallest absolute Gasteiger partial charge is 0.216 e. The third kappa shape index (κ3) is 6.00. The van der Waals surface area contributed by atoms with Gasteiger partial charge in [-0.2, -0.15) is 0 Å². The van der Waals surface area contributed by atoms with Gasteiger partial charge in [-0.25, -0.2) is 18.1 Å². The monoisotopic (exact) mass is 645 g/mol. The van der Waals surface area contributed by atoms with Crippen LogP contribution in [0.1, 0.15) is 43.0 Å². The van der Waals surface area contributed by atoms with Crippen LogP contribution < -0.4 is 13.0 Å². The maximum Gasteiger partial charge on any atom is 0.216 e. The molecule has 192 valence electrons. The summed E-state index contributed by atoms with van der Waals surface area (Å²) in [5.74, 6) is 0.790. The number of fused-ring (bicyclic) bond motifs is 1. The third-order valence-electron chi connectivity index (χ3n) is 6.25. The molecule has 1 aliphatic carbocycles. The third-order valence-corrected chi connectivity index (χ3v) is 9.27. The van der Waals surface area contributed by atoms with Gasteiger partial charge in [0, 0.05) is 17.8 Å². The first kappa shape index (κ1) is 26.1. The summed E-state index contributed by atoms with van der Waals surface area (Å²) < 4.78 is 37.8. The van der Waals surface area contributed by atoms with E-state index in [9.17, 15) is 8.42 Å². The summed E-state index contributed by atoms with van der Waals surface area (Å²) in [7, 11) is -3.46. The Labute approximate surface area is 236 Å². The summed E-state index contributed by atoms with van der Waals surface area (Å²) in [4.78, 5) is 5.79. The number of aromatic nitrogens is 1. The van der Waals surface area contributed by atoms with E-state index in [0.717, 1.165) is 56.4 Å². The Balaban J connectivity index is 1.38. The highest BCUT2D eigenvalue weighted by Crippen LogP contribution is 2.42. The maximum absolute atomic E-state index is 12.9. The summed E-state index contributed by atoms with van der Waals surface area (Å²) in [5, 5.41) is 0.926. The quantitative estimate of drug-likeness (QED) is 0.150. The van der Waals surface area contributed by atoms with Gasteiger partial charge in [-0.3, -0.25) is 0 Å². The van der Waals surface area contributed by atoms with E-state index in [0.29, 0.717) is 0 Å². The average Bonchev–Trinajstić information content (AvgIpc) is 3.52. The van der Waals surface area contributed by atoms with Crippen LogP contribution in [0.25, 0.3) is 21.0 Å². The average molecular weight is 646 g/mol. The van der Waals surface area contributed by atoms with Crippen molar-refractivity contribution in [3.05, 3.63) is 89.6 Å². The molecule has 9 heteroatoms. The van der Waals surface area contributed by atoms with Gasteiger partial charge in [0.15, 0.2) is 0 Å². The molecule has 3 aromatic carbocycles. The zero-order valence-corrected chi connectivity index (χ0v) is 24.4. The van der Waals surface area contributed by atoms with Crippen molar-refractivity contribution in [2.24, 2.45) is 0 Å². The number of thiazole rings is 1. The summed E-state index contributed by atoms with van der Waals surface area (Å²) in [6.45, 7) is 4.02. The second kappa shape index (κ2) is 11.1. The number of hydrogen-bond acceptors (Lipinski definition) is 6. The molecule has 0 bridgehead atoms. The van der Waals surface area contributed by atoms with Crippen LogP contribution in [0.3, 0.4) is 0 Å². The van der Waals surface area contributed by atoms with Gasteiger partial charge in [0.2, 0.25) is 10.0 Å². The van der Waals surface area contributed by atoms with E-state index < -0.39 is 10.0 Å². The number of nitrogens with one attached hydrogen (secondary N) is 2. The van der Waals surface area contributed by atoms with E-state index in [4.69, 9.17) is 9.72 Å². The fourth-order valence-corrected chi connectivity index (χ4v) is 7.46. The molecule has 2 N–H and O–H groups in total. The van der Waals surface area contributed by atoms with Crippen molar-refractivity contribution in [1.29, 1.82) is 0 Å².